The van der Waals surface area contributed by atoms with Crippen molar-refractivity contribution < 1.29 is 14.3 Å². The number of hydrogen-bond acceptors (Lipinski definition) is 5. The normalized spacial score (nSPS) is 18.4. The monoisotopic (exact) mass is 346 g/mol. The SMILES string of the molecule is CCC(C)NC(=O)CN1C(=O)COc2cc(N3CCNCC3)ccc21. The van der Waals surface area contributed by atoms with Gasteiger partial charge in [-0.15, -0.1) is 0 Å². The van der Waals surface area contributed by atoms with Crippen LogP contribution in [0, 0.1) is 0 Å². The molecule has 1 aromatic rings. The minimum Gasteiger partial charge on any atom is -0.481 e. The highest BCUT2D eigenvalue weighted by Crippen LogP contribution is 2.35. The standard InChI is InChI=1S/C18H26N4O3/c1-3-13(2)20-17(23)11-22-15-5-4-14(21-8-6-19-7-9-21)10-16(15)25-12-18(22)24/h4-5,10,13,19H,3,6-9,11-12H2,1-2H3,(H,20,23). The van der Waals surface area contributed by atoms with E-state index in [0.717, 1.165) is 38.3 Å². The molecule has 2 aliphatic rings. The quantitative estimate of drug-likeness (QED) is 0.823. The summed E-state index contributed by atoms with van der Waals surface area (Å²) in [5.41, 5.74) is 1.74. The van der Waals surface area contributed by atoms with E-state index >= 15 is 0 Å². The summed E-state index contributed by atoms with van der Waals surface area (Å²) in [5, 5.41) is 6.23. The van der Waals surface area contributed by atoms with Gasteiger partial charge in [0.2, 0.25) is 5.91 Å². The molecular weight excluding hydrogens is 320 g/mol. The first kappa shape index (κ1) is 17.5. The summed E-state index contributed by atoms with van der Waals surface area (Å²) in [6.07, 6.45) is 0.855. The second-order valence-electron chi connectivity index (χ2n) is 6.53. The largest absolute Gasteiger partial charge is 0.481 e. The molecule has 1 atom stereocenters. The van der Waals surface area contributed by atoms with Crippen molar-refractivity contribution in [3.63, 3.8) is 0 Å². The van der Waals surface area contributed by atoms with E-state index in [0.29, 0.717) is 11.4 Å². The maximum atomic E-state index is 12.2. The smallest absolute Gasteiger partial charge is 0.265 e. The van der Waals surface area contributed by atoms with Crippen LogP contribution in [-0.2, 0) is 9.59 Å². The Morgan fingerprint density at radius 2 is 2.12 bits per heavy atom. The van der Waals surface area contributed by atoms with Gasteiger partial charge in [0.05, 0.1) is 5.69 Å². The lowest BCUT2D eigenvalue weighted by molar-refractivity contribution is -0.125. The van der Waals surface area contributed by atoms with Gasteiger partial charge in [-0.3, -0.25) is 14.5 Å². The van der Waals surface area contributed by atoms with Gasteiger partial charge in [-0.05, 0) is 25.5 Å². The number of amides is 2. The van der Waals surface area contributed by atoms with Gasteiger partial charge < -0.3 is 20.3 Å². The first-order chi connectivity index (χ1) is 12.1. The summed E-state index contributed by atoms with van der Waals surface area (Å²) in [6, 6.07) is 5.93. The average Bonchev–Trinajstić information content (AvgIpc) is 2.64. The first-order valence-electron chi connectivity index (χ1n) is 8.90. The Labute approximate surface area is 148 Å². The number of ether oxygens (including phenoxy) is 1. The minimum absolute atomic E-state index is 0.0204. The summed E-state index contributed by atoms with van der Waals surface area (Å²) in [7, 11) is 0. The number of hydrogen-bond donors (Lipinski definition) is 2. The molecule has 2 heterocycles. The first-order valence-corrected chi connectivity index (χ1v) is 8.90. The fourth-order valence-electron chi connectivity index (χ4n) is 3.05. The van der Waals surface area contributed by atoms with Crippen molar-refractivity contribution in [2.45, 2.75) is 26.3 Å². The van der Waals surface area contributed by atoms with Gasteiger partial charge in [-0.25, -0.2) is 0 Å². The molecular formula is C18H26N4O3. The molecule has 0 bridgehead atoms. The van der Waals surface area contributed by atoms with Crippen LogP contribution >= 0.6 is 0 Å². The van der Waals surface area contributed by atoms with Crippen molar-refractivity contribution in [3.8, 4) is 5.75 Å². The number of anilines is 2. The number of carbonyl (C=O) groups excluding carboxylic acids is 2. The van der Waals surface area contributed by atoms with Gasteiger partial charge in [0.15, 0.2) is 6.61 Å². The Kier molecular flexibility index (Phi) is 5.43. The number of rotatable bonds is 5. The van der Waals surface area contributed by atoms with E-state index in [1.165, 1.54) is 4.90 Å². The Hall–Kier alpha value is -2.28. The molecule has 3 rings (SSSR count). The fraction of sp³-hybridized carbons (Fsp3) is 0.556. The third kappa shape index (κ3) is 4.04. The molecule has 0 saturated carbocycles. The zero-order valence-electron chi connectivity index (χ0n) is 14.9. The molecule has 2 amide bonds. The summed E-state index contributed by atoms with van der Waals surface area (Å²) >= 11 is 0. The van der Waals surface area contributed by atoms with Crippen molar-refractivity contribution in [2.24, 2.45) is 0 Å². The number of carbonyl (C=O) groups is 2. The van der Waals surface area contributed by atoms with Gasteiger partial charge in [0, 0.05) is 44.0 Å². The van der Waals surface area contributed by atoms with Gasteiger partial charge in [0.1, 0.15) is 12.3 Å². The van der Waals surface area contributed by atoms with Crippen molar-refractivity contribution in [1.29, 1.82) is 0 Å². The zero-order valence-corrected chi connectivity index (χ0v) is 14.9. The highest BCUT2D eigenvalue weighted by molar-refractivity contribution is 6.02. The van der Waals surface area contributed by atoms with Crippen molar-refractivity contribution in [1.82, 2.24) is 10.6 Å². The van der Waals surface area contributed by atoms with Crippen LogP contribution in [0.2, 0.25) is 0 Å². The Morgan fingerprint density at radius 3 is 2.84 bits per heavy atom. The third-order valence-electron chi connectivity index (χ3n) is 4.69. The van der Waals surface area contributed by atoms with Crippen LogP contribution in [0.4, 0.5) is 11.4 Å². The summed E-state index contributed by atoms with van der Waals surface area (Å²) < 4.78 is 5.62. The second-order valence-corrected chi connectivity index (χ2v) is 6.53. The van der Waals surface area contributed by atoms with Crippen LogP contribution in [0.25, 0.3) is 0 Å². The molecule has 25 heavy (non-hydrogen) atoms. The highest BCUT2D eigenvalue weighted by Gasteiger charge is 2.28. The number of fused-ring (bicyclic) bond motifs is 1. The maximum absolute atomic E-state index is 12.2. The molecule has 1 fully saturated rings. The molecule has 0 aliphatic carbocycles. The molecule has 136 valence electrons. The van der Waals surface area contributed by atoms with E-state index in [1.807, 2.05) is 32.0 Å². The van der Waals surface area contributed by atoms with Crippen LogP contribution in [0.15, 0.2) is 18.2 Å². The summed E-state index contributed by atoms with van der Waals surface area (Å²) in [6.45, 7) is 7.75. The van der Waals surface area contributed by atoms with Gasteiger partial charge in [0.25, 0.3) is 5.91 Å². The van der Waals surface area contributed by atoms with E-state index < -0.39 is 0 Å². The maximum Gasteiger partial charge on any atom is 0.265 e. The number of nitrogens with one attached hydrogen (secondary N) is 2. The molecule has 1 unspecified atom stereocenters. The van der Waals surface area contributed by atoms with E-state index in [-0.39, 0.29) is 31.0 Å². The molecule has 2 aliphatic heterocycles. The van der Waals surface area contributed by atoms with Crippen LogP contribution < -0.4 is 25.2 Å². The lowest BCUT2D eigenvalue weighted by Gasteiger charge is -2.33. The predicted molar refractivity (Wildman–Crippen MR) is 97.3 cm³/mol. The molecule has 2 N–H and O–H groups in total. The third-order valence-corrected chi connectivity index (χ3v) is 4.69. The summed E-state index contributed by atoms with van der Waals surface area (Å²) in [4.78, 5) is 28.2. The van der Waals surface area contributed by atoms with Crippen molar-refractivity contribution in [2.75, 3.05) is 49.1 Å². The fourth-order valence-corrected chi connectivity index (χ4v) is 3.05. The number of nitrogens with zero attached hydrogens (tertiary/aromatic N) is 2. The Bertz CT molecular complexity index is 643. The van der Waals surface area contributed by atoms with E-state index in [4.69, 9.17) is 4.74 Å². The van der Waals surface area contributed by atoms with E-state index in [2.05, 4.69) is 15.5 Å². The van der Waals surface area contributed by atoms with Crippen LogP contribution in [0.1, 0.15) is 20.3 Å². The number of benzene rings is 1. The van der Waals surface area contributed by atoms with E-state index in [1.54, 1.807) is 0 Å². The van der Waals surface area contributed by atoms with E-state index in [9.17, 15) is 9.59 Å². The zero-order chi connectivity index (χ0) is 17.8. The molecule has 0 spiro atoms. The predicted octanol–water partition coefficient (Wildman–Crippen LogP) is 0.736. The molecule has 1 aromatic carbocycles. The lowest BCUT2D eigenvalue weighted by atomic mass is 10.1. The molecule has 7 nitrogen and oxygen atoms in total. The topological polar surface area (TPSA) is 73.9 Å². The molecule has 1 saturated heterocycles. The van der Waals surface area contributed by atoms with Crippen LogP contribution in [0.3, 0.4) is 0 Å². The van der Waals surface area contributed by atoms with Crippen LogP contribution in [-0.4, -0.2) is 57.2 Å². The van der Waals surface area contributed by atoms with Crippen molar-refractivity contribution in [3.05, 3.63) is 18.2 Å². The second kappa shape index (κ2) is 7.74. The summed E-state index contributed by atoms with van der Waals surface area (Å²) in [5.74, 6) is 0.315. The number of piperazine rings is 1. The van der Waals surface area contributed by atoms with Gasteiger partial charge in [-0.1, -0.05) is 6.92 Å². The minimum atomic E-state index is -0.193. The highest BCUT2D eigenvalue weighted by atomic mass is 16.5. The van der Waals surface area contributed by atoms with Crippen molar-refractivity contribution >= 4 is 23.2 Å². The Balaban J connectivity index is 1.76. The lowest BCUT2D eigenvalue weighted by Crippen LogP contribution is -2.47. The van der Waals surface area contributed by atoms with Gasteiger partial charge in [-0.2, -0.15) is 0 Å². The molecule has 7 heteroatoms. The molecule has 0 aromatic heterocycles. The Morgan fingerprint density at radius 1 is 1.36 bits per heavy atom. The van der Waals surface area contributed by atoms with Crippen LogP contribution in [0.5, 0.6) is 5.75 Å². The average molecular weight is 346 g/mol. The molecule has 0 radical (unpaired) electrons. The van der Waals surface area contributed by atoms with Gasteiger partial charge >= 0.3 is 0 Å².